The van der Waals surface area contributed by atoms with Crippen molar-refractivity contribution in [3.8, 4) is 0 Å². The van der Waals surface area contributed by atoms with Crippen LogP contribution in [0.4, 0.5) is 0 Å². The van der Waals surface area contributed by atoms with Crippen LogP contribution in [0.1, 0.15) is 60.3 Å². The standard InChI is InChI=1S/C23H38N4O4/c1-22(2,3)18(25-6)21(31)27-11-13-15(23(13,4)5)16(27)20(30)26-14(17(28)19(24)29)10-9-12-7-8-12/h12-16,18,25H,7-11H2,1-6H3,(H2,24,29)(H,26,30)/t13-,14?,15-,16-,18+/m0/s1. The Morgan fingerprint density at radius 3 is 2.26 bits per heavy atom. The maximum Gasteiger partial charge on any atom is 0.287 e. The van der Waals surface area contributed by atoms with Crippen LogP contribution in [-0.2, 0) is 19.2 Å². The predicted octanol–water partition coefficient (Wildman–Crippen LogP) is 0.833. The number of amides is 3. The Morgan fingerprint density at radius 1 is 1.16 bits per heavy atom. The molecule has 2 saturated carbocycles. The van der Waals surface area contributed by atoms with Gasteiger partial charge in [-0.3, -0.25) is 19.2 Å². The lowest BCUT2D eigenvalue weighted by Gasteiger charge is -2.37. The number of nitrogens with two attached hydrogens (primary N) is 1. The van der Waals surface area contributed by atoms with Crippen molar-refractivity contribution in [1.82, 2.24) is 15.5 Å². The summed E-state index contributed by atoms with van der Waals surface area (Å²) < 4.78 is 0. The van der Waals surface area contributed by atoms with Crippen LogP contribution in [0.15, 0.2) is 0 Å². The van der Waals surface area contributed by atoms with E-state index < -0.39 is 29.8 Å². The average Bonchev–Trinajstić information content (AvgIpc) is 3.51. The van der Waals surface area contributed by atoms with Gasteiger partial charge in [0.05, 0.1) is 12.1 Å². The first kappa shape index (κ1) is 23.7. The molecule has 1 unspecified atom stereocenters. The summed E-state index contributed by atoms with van der Waals surface area (Å²) in [6, 6.07) is -2.00. The zero-order valence-electron chi connectivity index (χ0n) is 19.7. The molecule has 0 bridgehead atoms. The third kappa shape index (κ3) is 4.64. The predicted molar refractivity (Wildman–Crippen MR) is 117 cm³/mol. The second-order valence-corrected chi connectivity index (χ2v) is 11.3. The van der Waals surface area contributed by atoms with E-state index in [2.05, 4.69) is 24.5 Å². The Hall–Kier alpha value is -1.96. The van der Waals surface area contributed by atoms with Crippen molar-refractivity contribution >= 4 is 23.5 Å². The van der Waals surface area contributed by atoms with Gasteiger partial charge in [-0.1, -0.05) is 47.5 Å². The molecule has 0 aromatic rings. The number of piperidine rings is 1. The number of ketones is 1. The van der Waals surface area contributed by atoms with Gasteiger partial charge in [-0.15, -0.1) is 0 Å². The molecule has 5 atom stereocenters. The summed E-state index contributed by atoms with van der Waals surface area (Å²) in [6.07, 6.45) is 3.41. The number of rotatable bonds is 9. The summed E-state index contributed by atoms with van der Waals surface area (Å²) in [7, 11) is 1.75. The molecule has 0 radical (unpaired) electrons. The zero-order valence-corrected chi connectivity index (χ0v) is 19.7. The van der Waals surface area contributed by atoms with Crippen molar-refractivity contribution in [2.24, 2.45) is 34.3 Å². The van der Waals surface area contributed by atoms with Gasteiger partial charge < -0.3 is 21.3 Å². The third-order valence-electron chi connectivity index (χ3n) is 7.60. The van der Waals surface area contributed by atoms with Crippen LogP contribution in [0, 0.1) is 28.6 Å². The van der Waals surface area contributed by atoms with Crippen LogP contribution in [0.3, 0.4) is 0 Å². The third-order valence-corrected chi connectivity index (χ3v) is 7.60. The quantitative estimate of drug-likeness (QED) is 0.464. The second kappa shape index (κ2) is 8.19. The minimum Gasteiger partial charge on any atom is -0.363 e. The molecule has 0 spiro atoms. The first-order chi connectivity index (χ1) is 14.3. The molecule has 174 valence electrons. The molecule has 1 saturated heterocycles. The van der Waals surface area contributed by atoms with Crippen molar-refractivity contribution in [2.45, 2.75) is 78.4 Å². The lowest BCUT2D eigenvalue weighted by molar-refractivity contribution is -0.145. The lowest BCUT2D eigenvalue weighted by Crippen LogP contribution is -2.59. The second-order valence-electron chi connectivity index (χ2n) is 11.3. The van der Waals surface area contributed by atoms with E-state index in [1.54, 1.807) is 11.9 Å². The Kier molecular flexibility index (Phi) is 6.26. The van der Waals surface area contributed by atoms with Gasteiger partial charge in [0.1, 0.15) is 6.04 Å². The molecule has 0 aromatic heterocycles. The summed E-state index contributed by atoms with van der Waals surface area (Å²) in [5.41, 5.74) is 4.88. The Morgan fingerprint density at radius 2 is 1.77 bits per heavy atom. The van der Waals surface area contributed by atoms with Crippen LogP contribution < -0.4 is 16.4 Å². The molecule has 8 heteroatoms. The van der Waals surface area contributed by atoms with Crippen LogP contribution in [0.5, 0.6) is 0 Å². The molecule has 4 N–H and O–H groups in total. The fraction of sp³-hybridized carbons (Fsp3) is 0.826. The lowest BCUT2D eigenvalue weighted by atomic mass is 9.85. The SMILES string of the molecule is CN[C@H](C(=O)N1C[C@H]2[C@@H]([C@H]1C(=O)NC(CCC1CC1)C(=O)C(N)=O)C2(C)C)C(C)(C)C. The fourth-order valence-corrected chi connectivity index (χ4v) is 5.41. The number of carbonyl (C=O) groups is 4. The van der Waals surface area contributed by atoms with Crippen LogP contribution in [-0.4, -0.2) is 60.1 Å². The highest BCUT2D eigenvalue weighted by Gasteiger charge is 2.69. The van der Waals surface area contributed by atoms with Crippen molar-refractivity contribution in [1.29, 1.82) is 0 Å². The van der Waals surface area contributed by atoms with E-state index in [1.807, 2.05) is 20.8 Å². The summed E-state index contributed by atoms with van der Waals surface area (Å²) in [5, 5.41) is 5.90. The van der Waals surface area contributed by atoms with Crippen molar-refractivity contribution in [3.05, 3.63) is 0 Å². The minimum atomic E-state index is -1.03. The molecule has 0 aromatic carbocycles. The Labute approximate surface area is 185 Å². The minimum absolute atomic E-state index is 0.0349. The number of nitrogens with one attached hydrogen (secondary N) is 2. The molecule has 3 amide bonds. The topological polar surface area (TPSA) is 122 Å². The highest BCUT2D eigenvalue weighted by molar-refractivity contribution is 6.37. The van der Waals surface area contributed by atoms with Gasteiger partial charge in [0.2, 0.25) is 17.6 Å². The zero-order chi connectivity index (χ0) is 23.3. The number of primary amides is 1. The summed E-state index contributed by atoms with van der Waals surface area (Å²) in [4.78, 5) is 52.4. The molecule has 2 aliphatic carbocycles. The molecule has 1 aliphatic heterocycles. The first-order valence-electron chi connectivity index (χ1n) is 11.4. The molecule has 8 nitrogen and oxygen atoms in total. The highest BCUT2D eigenvalue weighted by atomic mass is 16.2. The molecule has 31 heavy (non-hydrogen) atoms. The molecule has 3 aliphatic rings. The molecule has 1 heterocycles. The van der Waals surface area contributed by atoms with Crippen molar-refractivity contribution < 1.29 is 19.2 Å². The first-order valence-corrected chi connectivity index (χ1v) is 11.4. The van der Waals surface area contributed by atoms with Gasteiger partial charge in [0, 0.05) is 6.54 Å². The van der Waals surface area contributed by atoms with Crippen LogP contribution >= 0.6 is 0 Å². The number of carbonyl (C=O) groups excluding carboxylic acids is 4. The molecule has 3 fully saturated rings. The number of fused-ring (bicyclic) bond motifs is 1. The van der Waals surface area contributed by atoms with E-state index in [4.69, 9.17) is 5.73 Å². The number of Topliss-reactive ketones (excluding diaryl/α,β-unsaturated/α-hetero) is 1. The van der Waals surface area contributed by atoms with E-state index in [0.717, 1.165) is 19.3 Å². The number of hydrogen-bond donors (Lipinski definition) is 3. The smallest absolute Gasteiger partial charge is 0.287 e. The summed E-state index contributed by atoms with van der Waals surface area (Å²) in [6.45, 7) is 10.7. The van der Waals surface area contributed by atoms with Gasteiger partial charge in [-0.2, -0.15) is 0 Å². The monoisotopic (exact) mass is 434 g/mol. The summed E-state index contributed by atoms with van der Waals surface area (Å²) >= 11 is 0. The Balaban J connectivity index is 1.79. The highest BCUT2D eigenvalue weighted by Crippen LogP contribution is 2.65. The van der Waals surface area contributed by atoms with E-state index in [9.17, 15) is 19.2 Å². The largest absolute Gasteiger partial charge is 0.363 e. The Bertz CT molecular complexity index is 768. The number of nitrogens with zero attached hydrogens (tertiary/aromatic N) is 1. The van der Waals surface area contributed by atoms with Gasteiger partial charge >= 0.3 is 0 Å². The van der Waals surface area contributed by atoms with Gasteiger partial charge in [0.15, 0.2) is 0 Å². The van der Waals surface area contributed by atoms with Crippen LogP contribution in [0.25, 0.3) is 0 Å². The maximum atomic E-state index is 13.4. The van der Waals surface area contributed by atoms with E-state index in [0.29, 0.717) is 18.9 Å². The number of likely N-dealkylation sites (tertiary alicyclic amines) is 1. The van der Waals surface area contributed by atoms with Crippen molar-refractivity contribution in [2.75, 3.05) is 13.6 Å². The van der Waals surface area contributed by atoms with E-state index in [-0.39, 0.29) is 34.5 Å². The molecular formula is C23H38N4O4. The number of hydrogen-bond acceptors (Lipinski definition) is 5. The fourth-order valence-electron chi connectivity index (χ4n) is 5.41. The van der Waals surface area contributed by atoms with Crippen LogP contribution in [0.2, 0.25) is 0 Å². The summed E-state index contributed by atoms with van der Waals surface area (Å²) in [5.74, 6) is -1.41. The van der Waals surface area contributed by atoms with Gasteiger partial charge in [0.25, 0.3) is 5.91 Å². The van der Waals surface area contributed by atoms with Gasteiger partial charge in [-0.25, -0.2) is 0 Å². The van der Waals surface area contributed by atoms with E-state index >= 15 is 0 Å². The molecular weight excluding hydrogens is 396 g/mol. The maximum absolute atomic E-state index is 13.4. The number of likely N-dealkylation sites (N-methyl/N-ethyl adjacent to an activating group) is 1. The van der Waals surface area contributed by atoms with E-state index in [1.165, 1.54) is 0 Å². The molecule has 3 rings (SSSR count). The van der Waals surface area contributed by atoms with Crippen molar-refractivity contribution in [3.63, 3.8) is 0 Å². The van der Waals surface area contributed by atoms with Gasteiger partial charge in [-0.05, 0) is 48.5 Å². The normalized spacial score (nSPS) is 28.5. The average molecular weight is 435 g/mol.